The molecule has 0 atom stereocenters. The van der Waals surface area contributed by atoms with Gasteiger partial charge in [0.1, 0.15) is 0 Å². The summed E-state index contributed by atoms with van der Waals surface area (Å²) in [5.41, 5.74) is 18.1. The van der Waals surface area contributed by atoms with Crippen molar-refractivity contribution in [3.05, 3.63) is 215 Å². The second-order valence-electron chi connectivity index (χ2n) is 15.7. The van der Waals surface area contributed by atoms with E-state index in [9.17, 15) is 0 Å². The van der Waals surface area contributed by atoms with E-state index in [1.165, 1.54) is 82.4 Å². The number of amidine groups is 1. The minimum absolute atomic E-state index is 0.685. The number of aliphatic imine (C=N–C) groups is 2. The zero-order chi connectivity index (χ0) is 38.0. The Bertz CT molecular complexity index is 3100. The van der Waals surface area contributed by atoms with Gasteiger partial charge in [-0.15, -0.1) is 0 Å². The van der Waals surface area contributed by atoms with Gasteiger partial charge in [0.25, 0.3) is 0 Å². The van der Waals surface area contributed by atoms with E-state index in [1.54, 1.807) is 5.57 Å². The summed E-state index contributed by atoms with van der Waals surface area (Å²) in [5.74, 6) is 0.685. The Labute approximate surface area is 333 Å². The minimum atomic E-state index is 0.685. The SMILES string of the molecule is C=C(N=C(N=C(C)c1cccc2c1-c1cc(-c3ccc4c5ccccc5c5ccccc5c4c3)ccc1C2)c1ccc2c(c1)CC1=C2C=CCC1)c1ccccc1. The number of nitrogens with zero attached hydrogens (tertiary/aromatic N) is 2. The van der Waals surface area contributed by atoms with Crippen LogP contribution in [0.5, 0.6) is 0 Å². The molecule has 2 nitrogen and oxygen atoms in total. The normalized spacial score (nSPS) is 14.6. The summed E-state index contributed by atoms with van der Waals surface area (Å²) in [4.78, 5) is 10.6. The van der Waals surface area contributed by atoms with E-state index in [0.29, 0.717) is 11.5 Å². The van der Waals surface area contributed by atoms with E-state index >= 15 is 0 Å². The third-order valence-electron chi connectivity index (χ3n) is 12.3. The Balaban J connectivity index is 1.01. The Morgan fingerprint density at radius 2 is 1.23 bits per heavy atom. The van der Waals surface area contributed by atoms with Crippen LogP contribution in [0.4, 0.5) is 0 Å². The maximum Gasteiger partial charge on any atom is 0.160 e. The summed E-state index contributed by atoms with van der Waals surface area (Å²) in [6, 6.07) is 55.3. The van der Waals surface area contributed by atoms with Crippen molar-refractivity contribution in [1.82, 2.24) is 0 Å². The molecule has 0 N–H and O–H groups in total. The van der Waals surface area contributed by atoms with Crippen molar-refractivity contribution in [3.63, 3.8) is 0 Å². The lowest BCUT2D eigenvalue weighted by Gasteiger charge is -2.14. The number of allylic oxidation sites excluding steroid dienone is 4. The molecule has 2 heteroatoms. The van der Waals surface area contributed by atoms with E-state index in [1.807, 2.05) is 18.2 Å². The molecule has 0 radical (unpaired) electrons. The predicted octanol–water partition coefficient (Wildman–Crippen LogP) is 14.0. The molecule has 3 aliphatic rings. The number of fused-ring (bicyclic) bond motifs is 11. The quantitative estimate of drug-likeness (QED) is 0.0958. The Morgan fingerprint density at radius 3 is 2.02 bits per heavy atom. The van der Waals surface area contributed by atoms with Crippen LogP contribution in [0, 0.1) is 0 Å². The van der Waals surface area contributed by atoms with Gasteiger partial charge in [0.05, 0.1) is 5.70 Å². The molecule has 0 bridgehead atoms. The molecule has 57 heavy (non-hydrogen) atoms. The average molecular weight is 729 g/mol. The Kier molecular flexibility index (Phi) is 7.86. The molecule has 0 aromatic heterocycles. The first-order chi connectivity index (χ1) is 28.1. The van der Waals surface area contributed by atoms with Gasteiger partial charge in [0, 0.05) is 16.8 Å². The first-order valence-electron chi connectivity index (χ1n) is 20.1. The fourth-order valence-corrected chi connectivity index (χ4v) is 9.55. The van der Waals surface area contributed by atoms with Crippen LogP contribution in [0.2, 0.25) is 0 Å². The molecule has 0 unspecified atom stereocenters. The molecule has 0 fully saturated rings. The summed E-state index contributed by atoms with van der Waals surface area (Å²) in [6.45, 7) is 6.54. The highest BCUT2D eigenvalue weighted by Gasteiger charge is 2.25. The van der Waals surface area contributed by atoms with Crippen LogP contribution in [-0.2, 0) is 12.8 Å². The minimum Gasteiger partial charge on any atom is -0.233 e. The molecule has 0 heterocycles. The fourth-order valence-electron chi connectivity index (χ4n) is 9.55. The van der Waals surface area contributed by atoms with Crippen molar-refractivity contribution in [2.45, 2.75) is 32.6 Å². The van der Waals surface area contributed by atoms with Gasteiger partial charge in [-0.3, -0.25) is 0 Å². The molecule has 0 amide bonds. The third-order valence-corrected chi connectivity index (χ3v) is 12.3. The zero-order valence-electron chi connectivity index (χ0n) is 32.0. The molecule has 0 spiro atoms. The van der Waals surface area contributed by atoms with Crippen LogP contribution in [0.15, 0.2) is 186 Å². The lowest BCUT2D eigenvalue weighted by Crippen LogP contribution is -2.06. The van der Waals surface area contributed by atoms with Crippen molar-refractivity contribution < 1.29 is 0 Å². The Hall–Kier alpha value is -6.90. The zero-order valence-corrected chi connectivity index (χ0v) is 32.0. The van der Waals surface area contributed by atoms with Crippen LogP contribution in [0.3, 0.4) is 0 Å². The number of hydrogen-bond donors (Lipinski definition) is 0. The van der Waals surface area contributed by atoms with Gasteiger partial charge < -0.3 is 0 Å². The van der Waals surface area contributed by atoms with E-state index < -0.39 is 0 Å². The number of benzene rings is 8. The standard InChI is InChI=1S/C55H40N2/c1-34(36-13-4-3-5-14-36)56-55(42-26-27-46-43(31-42)30-39-15-6-7-17-45(39)46)57-35(2)44-22-12-16-41-29-40-24-23-37(32-52(40)54(41)44)38-25-28-51-49-20-9-8-18-47(49)48-19-10-11-21-50(48)53(51)33-38/h3-5,7-14,16-28,31-33H,1,6,15,29-30H2,2H3. The predicted molar refractivity (Wildman–Crippen MR) is 242 cm³/mol. The molecule has 0 aliphatic heterocycles. The van der Waals surface area contributed by atoms with Crippen molar-refractivity contribution in [2.24, 2.45) is 9.98 Å². The molecule has 270 valence electrons. The van der Waals surface area contributed by atoms with Gasteiger partial charge in [-0.2, -0.15) is 0 Å². The summed E-state index contributed by atoms with van der Waals surface area (Å²) < 4.78 is 0. The largest absolute Gasteiger partial charge is 0.233 e. The summed E-state index contributed by atoms with van der Waals surface area (Å²) >= 11 is 0. The molecule has 8 aromatic rings. The van der Waals surface area contributed by atoms with E-state index in [0.717, 1.165) is 48.1 Å². The lowest BCUT2D eigenvalue weighted by atomic mass is 9.91. The van der Waals surface area contributed by atoms with Gasteiger partial charge in [0.15, 0.2) is 5.84 Å². The lowest BCUT2D eigenvalue weighted by molar-refractivity contribution is 0.935. The van der Waals surface area contributed by atoms with Crippen molar-refractivity contribution in [2.75, 3.05) is 0 Å². The second-order valence-corrected chi connectivity index (χ2v) is 15.7. The van der Waals surface area contributed by atoms with E-state index in [-0.39, 0.29) is 0 Å². The highest BCUT2D eigenvalue weighted by atomic mass is 14.9. The maximum atomic E-state index is 5.40. The van der Waals surface area contributed by atoms with Gasteiger partial charge in [-0.05, 0) is 139 Å². The molecular formula is C55H40N2. The van der Waals surface area contributed by atoms with E-state index in [4.69, 9.17) is 9.98 Å². The maximum absolute atomic E-state index is 5.40. The molecule has 3 aliphatic carbocycles. The molecule has 0 saturated heterocycles. The van der Waals surface area contributed by atoms with Crippen molar-refractivity contribution in [3.8, 4) is 22.3 Å². The molecule has 0 saturated carbocycles. The Morgan fingerprint density at radius 1 is 0.526 bits per heavy atom. The van der Waals surface area contributed by atoms with Gasteiger partial charge in [0.2, 0.25) is 0 Å². The van der Waals surface area contributed by atoms with Gasteiger partial charge >= 0.3 is 0 Å². The second kappa shape index (κ2) is 13.4. The first-order valence-corrected chi connectivity index (χ1v) is 20.1. The smallest absolute Gasteiger partial charge is 0.160 e. The van der Waals surface area contributed by atoms with Crippen LogP contribution in [-0.4, -0.2) is 11.5 Å². The van der Waals surface area contributed by atoms with Crippen LogP contribution < -0.4 is 0 Å². The summed E-state index contributed by atoms with van der Waals surface area (Å²) in [5, 5.41) is 7.75. The topological polar surface area (TPSA) is 24.7 Å². The van der Waals surface area contributed by atoms with E-state index in [2.05, 4.69) is 159 Å². The monoisotopic (exact) mass is 728 g/mol. The number of hydrogen-bond acceptors (Lipinski definition) is 1. The highest BCUT2D eigenvalue weighted by molar-refractivity contribution is 6.25. The van der Waals surface area contributed by atoms with Gasteiger partial charge in [-0.1, -0.05) is 158 Å². The fraction of sp³-hybridized carbons (Fsp3) is 0.0909. The number of rotatable bonds is 5. The van der Waals surface area contributed by atoms with Crippen LogP contribution in [0.1, 0.15) is 58.7 Å². The summed E-state index contributed by atoms with van der Waals surface area (Å²) in [7, 11) is 0. The van der Waals surface area contributed by atoms with Gasteiger partial charge in [-0.25, -0.2) is 9.98 Å². The van der Waals surface area contributed by atoms with Crippen molar-refractivity contribution in [1.29, 1.82) is 0 Å². The van der Waals surface area contributed by atoms with Crippen LogP contribution >= 0.6 is 0 Å². The highest BCUT2D eigenvalue weighted by Crippen LogP contribution is 2.43. The molecule has 11 rings (SSSR count). The van der Waals surface area contributed by atoms with Crippen LogP contribution in [0.25, 0.3) is 65.8 Å². The van der Waals surface area contributed by atoms with Crippen molar-refractivity contribution >= 4 is 55.1 Å². The summed E-state index contributed by atoms with van der Waals surface area (Å²) in [6.07, 6.45) is 8.77. The average Bonchev–Trinajstić information content (AvgIpc) is 3.84. The molecular weight excluding hydrogens is 689 g/mol. The first kappa shape index (κ1) is 33.4. The molecule has 8 aromatic carbocycles. The third kappa shape index (κ3) is 5.63.